The Morgan fingerprint density at radius 2 is 1.93 bits per heavy atom. The van der Waals surface area contributed by atoms with E-state index in [1.807, 2.05) is 30.3 Å². The lowest BCUT2D eigenvalue weighted by Crippen LogP contribution is -2.44. The van der Waals surface area contributed by atoms with Crippen LogP contribution >= 0.6 is 11.3 Å². The third kappa shape index (κ3) is 5.07. The first-order valence-corrected chi connectivity index (χ1v) is 11.1. The number of aryl methyl sites for hydroxylation is 1. The van der Waals surface area contributed by atoms with Crippen molar-refractivity contribution in [2.45, 2.75) is 38.1 Å². The molecule has 1 aliphatic heterocycles. The molecule has 2 heterocycles. The molecule has 1 amide bonds. The topological polar surface area (TPSA) is 54.5 Å². The van der Waals surface area contributed by atoms with Gasteiger partial charge in [0.1, 0.15) is 5.75 Å². The molecule has 5 nitrogen and oxygen atoms in total. The van der Waals surface area contributed by atoms with Crippen molar-refractivity contribution in [2.24, 2.45) is 0 Å². The van der Waals surface area contributed by atoms with Crippen molar-refractivity contribution in [3.8, 4) is 5.75 Å². The minimum absolute atomic E-state index is 0.161. The Kier molecular flexibility index (Phi) is 6.30. The number of carbonyl (C=O) groups excluding carboxylic acids is 1. The van der Waals surface area contributed by atoms with Gasteiger partial charge < -0.3 is 15.0 Å². The van der Waals surface area contributed by atoms with Gasteiger partial charge in [0, 0.05) is 31.2 Å². The van der Waals surface area contributed by atoms with Crippen LogP contribution in [0.2, 0.25) is 0 Å². The Morgan fingerprint density at radius 1 is 1.17 bits per heavy atom. The van der Waals surface area contributed by atoms with Crippen molar-refractivity contribution in [3.63, 3.8) is 0 Å². The van der Waals surface area contributed by atoms with Crippen molar-refractivity contribution < 1.29 is 9.53 Å². The van der Waals surface area contributed by atoms with Crippen molar-refractivity contribution in [1.82, 2.24) is 10.3 Å². The number of aromatic nitrogens is 1. The van der Waals surface area contributed by atoms with Crippen LogP contribution in [0, 0.1) is 0 Å². The van der Waals surface area contributed by atoms with Gasteiger partial charge in [0.05, 0.1) is 22.3 Å². The van der Waals surface area contributed by atoms with Crippen molar-refractivity contribution in [3.05, 3.63) is 53.5 Å². The summed E-state index contributed by atoms with van der Waals surface area (Å²) in [7, 11) is 1.68. The summed E-state index contributed by atoms with van der Waals surface area (Å²) in [4.78, 5) is 19.4. The Hall–Kier alpha value is -2.60. The summed E-state index contributed by atoms with van der Waals surface area (Å²) >= 11 is 1.73. The van der Waals surface area contributed by atoms with Crippen molar-refractivity contribution in [1.29, 1.82) is 0 Å². The summed E-state index contributed by atoms with van der Waals surface area (Å²) in [5, 5.41) is 4.34. The molecule has 1 N–H and O–H groups in total. The molecule has 3 aromatic rings. The Labute approximate surface area is 175 Å². The quantitative estimate of drug-likeness (QED) is 0.628. The van der Waals surface area contributed by atoms with Crippen LogP contribution in [0.4, 0.5) is 5.69 Å². The SMILES string of the molecule is COc1ccc(N2CCC(NC(=O)CCCc3nc4ccccc4s3)CC2)cc1. The largest absolute Gasteiger partial charge is 0.497 e. The zero-order chi connectivity index (χ0) is 20.1. The maximum atomic E-state index is 12.3. The van der Waals surface area contributed by atoms with Gasteiger partial charge >= 0.3 is 0 Å². The third-order valence-electron chi connectivity index (χ3n) is 5.43. The average Bonchev–Trinajstić information content (AvgIpc) is 3.17. The molecule has 0 bridgehead atoms. The lowest BCUT2D eigenvalue weighted by Gasteiger charge is -2.34. The van der Waals surface area contributed by atoms with Crippen LogP contribution < -0.4 is 15.0 Å². The lowest BCUT2D eigenvalue weighted by molar-refractivity contribution is -0.122. The normalized spacial score (nSPS) is 14.9. The van der Waals surface area contributed by atoms with Crippen LogP contribution in [0.5, 0.6) is 5.75 Å². The summed E-state index contributed by atoms with van der Waals surface area (Å²) in [6.45, 7) is 1.92. The average molecular weight is 410 g/mol. The zero-order valence-corrected chi connectivity index (χ0v) is 17.6. The third-order valence-corrected chi connectivity index (χ3v) is 6.53. The van der Waals surface area contributed by atoms with Crippen molar-refractivity contribution >= 4 is 33.1 Å². The maximum Gasteiger partial charge on any atom is 0.220 e. The van der Waals surface area contributed by atoms with Crippen LogP contribution in [0.25, 0.3) is 10.2 Å². The second kappa shape index (κ2) is 9.27. The predicted octanol–water partition coefficient (Wildman–Crippen LogP) is 4.41. The predicted molar refractivity (Wildman–Crippen MR) is 119 cm³/mol. The van der Waals surface area contributed by atoms with Gasteiger partial charge in [0.15, 0.2) is 0 Å². The summed E-state index contributed by atoms with van der Waals surface area (Å²) in [6, 6.07) is 16.7. The van der Waals surface area contributed by atoms with E-state index >= 15 is 0 Å². The summed E-state index contributed by atoms with van der Waals surface area (Å²) in [6.07, 6.45) is 4.24. The number of thiazole rings is 1. The Bertz CT molecular complexity index is 913. The summed E-state index contributed by atoms with van der Waals surface area (Å²) < 4.78 is 6.44. The van der Waals surface area contributed by atoms with Gasteiger partial charge in [-0.3, -0.25) is 4.79 Å². The van der Waals surface area contributed by atoms with Crippen molar-refractivity contribution in [2.75, 3.05) is 25.1 Å². The minimum Gasteiger partial charge on any atom is -0.497 e. The highest BCUT2D eigenvalue weighted by atomic mass is 32.1. The molecule has 152 valence electrons. The zero-order valence-electron chi connectivity index (χ0n) is 16.8. The van der Waals surface area contributed by atoms with Gasteiger partial charge in [0.2, 0.25) is 5.91 Å². The highest BCUT2D eigenvalue weighted by molar-refractivity contribution is 7.18. The number of para-hydroxylation sites is 1. The van der Waals surface area contributed by atoms with Crippen LogP contribution in [-0.4, -0.2) is 37.1 Å². The van der Waals surface area contributed by atoms with Gasteiger partial charge in [-0.15, -0.1) is 11.3 Å². The number of carbonyl (C=O) groups is 1. The van der Waals surface area contributed by atoms with E-state index in [-0.39, 0.29) is 11.9 Å². The fourth-order valence-corrected chi connectivity index (χ4v) is 4.81. The first kappa shape index (κ1) is 19.7. The van der Waals surface area contributed by atoms with E-state index < -0.39 is 0 Å². The second-order valence-corrected chi connectivity index (χ2v) is 8.57. The molecule has 29 heavy (non-hydrogen) atoms. The number of anilines is 1. The molecule has 0 unspecified atom stereocenters. The van der Waals surface area contributed by atoms with E-state index in [0.29, 0.717) is 6.42 Å². The standard InChI is InChI=1S/C23H27N3O2S/c1-28-19-11-9-18(10-12-19)26-15-13-17(14-16-26)24-22(27)7-4-8-23-25-20-5-2-3-6-21(20)29-23/h2-3,5-6,9-12,17H,4,7-8,13-16H2,1H3,(H,24,27). The van der Waals surface area contributed by atoms with E-state index in [9.17, 15) is 4.79 Å². The fourth-order valence-electron chi connectivity index (χ4n) is 3.80. The minimum atomic E-state index is 0.161. The highest BCUT2D eigenvalue weighted by Gasteiger charge is 2.20. The molecule has 0 aliphatic carbocycles. The Balaban J connectivity index is 1.18. The summed E-state index contributed by atoms with van der Waals surface area (Å²) in [5.74, 6) is 1.04. The first-order chi connectivity index (χ1) is 14.2. The van der Waals surface area contributed by atoms with E-state index in [4.69, 9.17) is 4.74 Å². The van der Waals surface area contributed by atoms with E-state index in [2.05, 4.69) is 33.4 Å². The molecule has 1 aliphatic rings. The van der Waals surface area contributed by atoms with E-state index in [1.54, 1.807) is 18.4 Å². The molecule has 6 heteroatoms. The number of benzene rings is 2. The number of nitrogens with one attached hydrogen (secondary N) is 1. The smallest absolute Gasteiger partial charge is 0.220 e. The highest BCUT2D eigenvalue weighted by Crippen LogP contribution is 2.24. The maximum absolute atomic E-state index is 12.3. The molecule has 0 atom stereocenters. The van der Waals surface area contributed by atoms with Crippen LogP contribution in [-0.2, 0) is 11.2 Å². The van der Waals surface area contributed by atoms with E-state index in [1.165, 1.54) is 10.4 Å². The number of rotatable bonds is 7. The van der Waals surface area contributed by atoms with Crippen LogP contribution in [0.15, 0.2) is 48.5 Å². The molecule has 0 radical (unpaired) electrons. The molecule has 2 aromatic carbocycles. The number of amides is 1. The molecule has 4 rings (SSSR count). The molecular weight excluding hydrogens is 382 g/mol. The lowest BCUT2D eigenvalue weighted by atomic mass is 10.0. The number of methoxy groups -OCH3 is 1. The number of hydrogen-bond donors (Lipinski definition) is 1. The Morgan fingerprint density at radius 3 is 2.66 bits per heavy atom. The first-order valence-electron chi connectivity index (χ1n) is 10.2. The fraction of sp³-hybridized carbons (Fsp3) is 0.391. The number of fused-ring (bicyclic) bond motifs is 1. The van der Waals surface area contributed by atoms with Crippen LogP contribution in [0.3, 0.4) is 0 Å². The van der Waals surface area contributed by atoms with Gasteiger partial charge in [-0.05, 0) is 62.1 Å². The van der Waals surface area contributed by atoms with Gasteiger partial charge in [0.25, 0.3) is 0 Å². The van der Waals surface area contributed by atoms with Gasteiger partial charge in [-0.2, -0.15) is 0 Å². The van der Waals surface area contributed by atoms with Gasteiger partial charge in [-0.1, -0.05) is 12.1 Å². The molecular formula is C23H27N3O2S. The second-order valence-electron chi connectivity index (χ2n) is 7.46. The van der Waals surface area contributed by atoms with Crippen LogP contribution in [0.1, 0.15) is 30.7 Å². The number of hydrogen-bond acceptors (Lipinski definition) is 5. The molecule has 1 aromatic heterocycles. The summed E-state index contributed by atoms with van der Waals surface area (Å²) in [5.41, 5.74) is 2.27. The molecule has 0 saturated carbocycles. The monoisotopic (exact) mass is 409 g/mol. The number of piperidine rings is 1. The van der Waals surface area contributed by atoms with Gasteiger partial charge in [-0.25, -0.2) is 4.98 Å². The van der Waals surface area contributed by atoms with E-state index in [0.717, 1.165) is 55.0 Å². The number of nitrogens with zero attached hydrogens (tertiary/aromatic N) is 2. The molecule has 1 fully saturated rings. The molecule has 0 spiro atoms. The molecule has 1 saturated heterocycles. The number of ether oxygens (including phenoxy) is 1.